The molecule has 8 heteroatoms. The molecule has 0 aliphatic carbocycles. The topological polar surface area (TPSA) is 72.3 Å². The maximum atomic E-state index is 12.5. The van der Waals surface area contributed by atoms with Gasteiger partial charge in [-0.3, -0.25) is 4.79 Å². The van der Waals surface area contributed by atoms with Crippen molar-refractivity contribution in [3.8, 4) is 0 Å². The average molecular weight is 424 g/mol. The van der Waals surface area contributed by atoms with Gasteiger partial charge >= 0.3 is 0 Å². The van der Waals surface area contributed by atoms with Crippen LogP contribution in [0.1, 0.15) is 11.3 Å². The van der Waals surface area contributed by atoms with E-state index in [4.69, 9.17) is 16.3 Å². The molecule has 0 radical (unpaired) electrons. The average Bonchev–Trinajstić information content (AvgIpc) is 3.21. The summed E-state index contributed by atoms with van der Waals surface area (Å²) < 4.78 is 7.15. The Morgan fingerprint density at radius 1 is 1.17 bits per heavy atom. The summed E-state index contributed by atoms with van der Waals surface area (Å²) in [7, 11) is 0. The van der Waals surface area contributed by atoms with Crippen molar-refractivity contribution < 1.29 is 9.53 Å². The summed E-state index contributed by atoms with van der Waals surface area (Å²) in [6.07, 6.45) is 4.89. The lowest BCUT2D eigenvalue weighted by Crippen LogP contribution is -2.36. The summed E-state index contributed by atoms with van der Waals surface area (Å²) in [5, 5.41) is 11.7. The predicted molar refractivity (Wildman–Crippen MR) is 118 cm³/mol. The summed E-state index contributed by atoms with van der Waals surface area (Å²) in [4.78, 5) is 14.7. The van der Waals surface area contributed by atoms with Crippen LogP contribution in [0.3, 0.4) is 0 Å². The number of carbonyl (C=O) groups is 1. The largest absolute Gasteiger partial charge is 0.378 e. The molecule has 0 unspecified atom stereocenters. The second-order valence-electron chi connectivity index (χ2n) is 6.91. The predicted octanol–water partition coefficient (Wildman–Crippen LogP) is 3.47. The lowest BCUT2D eigenvalue weighted by Gasteiger charge is -2.30. The Balaban J connectivity index is 1.41. The zero-order valence-corrected chi connectivity index (χ0v) is 17.1. The van der Waals surface area contributed by atoms with Crippen molar-refractivity contribution in [2.45, 2.75) is 6.54 Å². The number of hydrogen-bond donors (Lipinski definition) is 1. The molecule has 1 fully saturated rings. The van der Waals surface area contributed by atoms with Crippen LogP contribution in [-0.2, 0) is 16.1 Å². The molecule has 0 spiro atoms. The van der Waals surface area contributed by atoms with Crippen LogP contribution in [-0.4, -0.2) is 47.2 Å². The first kappa shape index (κ1) is 20.1. The lowest BCUT2D eigenvalue weighted by molar-refractivity contribution is -0.111. The lowest BCUT2D eigenvalue weighted by atomic mass is 10.2. The molecule has 0 saturated carbocycles. The van der Waals surface area contributed by atoms with Crippen LogP contribution < -0.4 is 10.2 Å². The highest BCUT2D eigenvalue weighted by molar-refractivity contribution is 6.31. The smallest absolute Gasteiger partial charge is 0.248 e. The third-order valence-electron chi connectivity index (χ3n) is 4.72. The summed E-state index contributed by atoms with van der Waals surface area (Å²) in [5.74, 6) is -0.260. The highest BCUT2D eigenvalue weighted by Gasteiger charge is 2.16. The van der Waals surface area contributed by atoms with E-state index in [1.165, 1.54) is 6.08 Å². The molecule has 30 heavy (non-hydrogen) atoms. The number of aromatic nitrogens is 3. The van der Waals surface area contributed by atoms with Crippen LogP contribution in [0, 0.1) is 0 Å². The monoisotopic (exact) mass is 423 g/mol. The summed E-state index contributed by atoms with van der Waals surface area (Å²) in [6, 6.07) is 15.5. The second kappa shape index (κ2) is 9.56. The van der Waals surface area contributed by atoms with Crippen LogP contribution in [0.25, 0.3) is 6.08 Å². The first-order valence-corrected chi connectivity index (χ1v) is 10.1. The van der Waals surface area contributed by atoms with Crippen LogP contribution in [0.5, 0.6) is 0 Å². The van der Waals surface area contributed by atoms with E-state index in [0.717, 1.165) is 24.3 Å². The van der Waals surface area contributed by atoms with Gasteiger partial charge in [-0.25, -0.2) is 4.68 Å². The van der Waals surface area contributed by atoms with E-state index in [-0.39, 0.29) is 5.91 Å². The number of nitrogens with zero attached hydrogens (tertiary/aromatic N) is 4. The maximum Gasteiger partial charge on any atom is 0.248 e. The van der Waals surface area contributed by atoms with E-state index in [0.29, 0.717) is 36.2 Å². The number of morpholine rings is 1. The Morgan fingerprint density at radius 3 is 2.77 bits per heavy atom. The van der Waals surface area contributed by atoms with Gasteiger partial charge in [0.05, 0.1) is 37.3 Å². The number of halogens is 1. The van der Waals surface area contributed by atoms with Crippen LogP contribution >= 0.6 is 11.6 Å². The fourth-order valence-corrected chi connectivity index (χ4v) is 3.43. The first-order chi connectivity index (χ1) is 14.7. The Morgan fingerprint density at radius 2 is 1.97 bits per heavy atom. The minimum absolute atomic E-state index is 0.260. The molecule has 1 aliphatic rings. The number of carbonyl (C=O) groups excluding carboxylic acids is 1. The van der Waals surface area contributed by atoms with Gasteiger partial charge in [-0.1, -0.05) is 47.1 Å². The van der Waals surface area contributed by atoms with E-state index in [9.17, 15) is 4.79 Å². The first-order valence-electron chi connectivity index (χ1n) is 9.73. The molecule has 1 N–H and O–H groups in total. The molecular weight excluding hydrogens is 402 g/mol. The fourth-order valence-electron chi connectivity index (χ4n) is 3.26. The van der Waals surface area contributed by atoms with Gasteiger partial charge in [-0.2, -0.15) is 0 Å². The van der Waals surface area contributed by atoms with Crippen LogP contribution in [0.2, 0.25) is 5.02 Å². The fraction of sp³-hybridized carbons (Fsp3) is 0.227. The van der Waals surface area contributed by atoms with Crippen LogP contribution in [0.4, 0.5) is 11.4 Å². The molecule has 4 rings (SSSR count). The quantitative estimate of drug-likeness (QED) is 0.614. The van der Waals surface area contributed by atoms with Gasteiger partial charge in [-0.15, -0.1) is 5.10 Å². The molecule has 1 saturated heterocycles. The highest BCUT2D eigenvalue weighted by Crippen LogP contribution is 2.30. The zero-order chi connectivity index (χ0) is 20.8. The molecule has 1 amide bonds. The van der Waals surface area contributed by atoms with E-state index >= 15 is 0 Å². The molecule has 1 aliphatic heterocycles. The Kier molecular flexibility index (Phi) is 6.41. The summed E-state index contributed by atoms with van der Waals surface area (Å²) in [6.45, 7) is 3.48. The molecule has 0 bridgehead atoms. The highest BCUT2D eigenvalue weighted by atomic mass is 35.5. The van der Waals surface area contributed by atoms with Crippen molar-refractivity contribution in [2.24, 2.45) is 0 Å². The van der Waals surface area contributed by atoms with Gasteiger partial charge in [0.25, 0.3) is 0 Å². The molecule has 7 nitrogen and oxygen atoms in total. The molecule has 2 aromatic carbocycles. The number of rotatable bonds is 6. The number of nitrogens with one attached hydrogen (secondary N) is 1. The standard InChI is InChI=1S/C22H22ClN5O2/c23-18-6-8-21(27-10-12-30-13-11-27)20(14-18)24-22(29)9-7-19-16-28(26-25-19)15-17-4-2-1-3-5-17/h1-9,14,16H,10-13,15H2,(H,24,29)/b9-7+. The van der Waals surface area contributed by atoms with E-state index in [1.807, 2.05) is 42.5 Å². The molecule has 0 atom stereocenters. The number of ether oxygens (including phenoxy) is 1. The van der Waals surface area contributed by atoms with E-state index in [1.54, 1.807) is 23.0 Å². The van der Waals surface area contributed by atoms with Crippen molar-refractivity contribution in [1.82, 2.24) is 15.0 Å². The van der Waals surface area contributed by atoms with Gasteiger partial charge < -0.3 is 15.0 Å². The van der Waals surface area contributed by atoms with Crippen molar-refractivity contribution in [2.75, 3.05) is 36.5 Å². The molecule has 2 heterocycles. The summed E-state index contributed by atoms with van der Waals surface area (Å²) >= 11 is 6.15. The zero-order valence-electron chi connectivity index (χ0n) is 16.4. The maximum absolute atomic E-state index is 12.5. The van der Waals surface area contributed by atoms with Gasteiger partial charge in [0.2, 0.25) is 5.91 Å². The Hall–Kier alpha value is -3.16. The van der Waals surface area contributed by atoms with E-state index in [2.05, 4.69) is 20.5 Å². The third kappa shape index (κ3) is 5.25. The molecule has 154 valence electrons. The van der Waals surface area contributed by atoms with E-state index < -0.39 is 0 Å². The number of amides is 1. The van der Waals surface area contributed by atoms with Crippen molar-refractivity contribution in [1.29, 1.82) is 0 Å². The van der Waals surface area contributed by atoms with Gasteiger partial charge in [0, 0.05) is 24.2 Å². The van der Waals surface area contributed by atoms with Gasteiger partial charge in [0.1, 0.15) is 5.69 Å². The number of hydrogen-bond acceptors (Lipinski definition) is 5. The van der Waals surface area contributed by atoms with Gasteiger partial charge in [0.15, 0.2) is 0 Å². The summed E-state index contributed by atoms with van der Waals surface area (Å²) in [5.41, 5.74) is 3.35. The molecule has 3 aromatic rings. The normalized spacial score (nSPS) is 14.2. The SMILES string of the molecule is O=C(/C=C/c1cn(Cc2ccccc2)nn1)Nc1cc(Cl)ccc1N1CCOCC1. The Bertz CT molecular complexity index is 1030. The van der Waals surface area contributed by atoms with Crippen molar-refractivity contribution in [3.05, 3.63) is 77.1 Å². The number of benzene rings is 2. The van der Waals surface area contributed by atoms with Gasteiger partial charge in [-0.05, 0) is 29.8 Å². The number of anilines is 2. The van der Waals surface area contributed by atoms with Crippen molar-refractivity contribution in [3.63, 3.8) is 0 Å². The van der Waals surface area contributed by atoms with Crippen molar-refractivity contribution >= 4 is 35.0 Å². The van der Waals surface area contributed by atoms with Crippen LogP contribution in [0.15, 0.2) is 60.8 Å². The third-order valence-corrected chi connectivity index (χ3v) is 4.95. The Labute approximate surface area is 179 Å². The molecular formula is C22H22ClN5O2. The molecule has 1 aromatic heterocycles. The minimum atomic E-state index is -0.260. The minimum Gasteiger partial charge on any atom is -0.378 e. The second-order valence-corrected chi connectivity index (χ2v) is 7.35.